The number of hydrogen-bond donors (Lipinski definition) is 0. The van der Waals surface area contributed by atoms with Crippen molar-refractivity contribution in [2.75, 3.05) is 0 Å². The van der Waals surface area contributed by atoms with E-state index >= 15 is 0 Å². The van der Waals surface area contributed by atoms with E-state index in [1.54, 1.807) is 5.20 Å². The Bertz CT molecular complexity index is 532. The van der Waals surface area contributed by atoms with E-state index in [4.69, 9.17) is 0 Å². The summed E-state index contributed by atoms with van der Waals surface area (Å²) in [6, 6.07) is 4.52. The van der Waals surface area contributed by atoms with Crippen LogP contribution in [0.3, 0.4) is 0 Å². The molecule has 24 heavy (non-hydrogen) atoms. The summed E-state index contributed by atoms with van der Waals surface area (Å²) in [6.07, 6.45) is 14.1. The van der Waals surface area contributed by atoms with E-state index in [1.165, 1.54) is 41.3 Å². The monoisotopic (exact) mass is 548 g/mol. The number of hydrogen-bond acceptors (Lipinski definition) is 0. The molecule has 0 aromatic heterocycles. The normalized spacial score (nSPS) is 21.9. The van der Waals surface area contributed by atoms with E-state index in [2.05, 4.69) is 65.8 Å². The molecule has 0 aromatic carbocycles. The molecule has 0 saturated carbocycles. The first-order chi connectivity index (χ1) is 9.82. The minimum atomic E-state index is -0.865. The van der Waals surface area contributed by atoms with Crippen molar-refractivity contribution in [3.05, 3.63) is 46.2 Å². The summed E-state index contributed by atoms with van der Waals surface area (Å²) in [5.74, 6) is 0. The Morgan fingerprint density at radius 3 is 1.92 bits per heavy atom. The molecule has 1 aliphatic heterocycles. The van der Waals surface area contributed by atoms with Gasteiger partial charge in [-0.2, -0.15) is 17.2 Å². The molecule has 0 spiro atoms. The summed E-state index contributed by atoms with van der Waals surface area (Å²) < 4.78 is 0. The summed E-state index contributed by atoms with van der Waals surface area (Å²) in [5, 5.41) is 1.64. The van der Waals surface area contributed by atoms with Crippen molar-refractivity contribution in [3.63, 3.8) is 0 Å². The summed E-state index contributed by atoms with van der Waals surface area (Å²) in [6.45, 7) is 13.3. The van der Waals surface area contributed by atoms with Crippen LogP contribution >= 0.6 is 0 Å². The zero-order valence-corrected chi connectivity index (χ0v) is 22.1. The quantitative estimate of drug-likeness (QED) is 0.343. The molecule has 1 saturated heterocycles. The average Bonchev–Trinajstić information content (AvgIpc) is 2.95. The van der Waals surface area contributed by atoms with Crippen LogP contribution in [0.4, 0.5) is 0 Å². The van der Waals surface area contributed by atoms with Gasteiger partial charge >= 0.3 is 25.8 Å². The average molecular weight is 548 g/mol. The Hall–Kier alpha value is 0.627. The van der Waals surface area contributed by atoms with Gasteiger partial charge in [-0.15, -0.1) is 13.3 Å². The molecule has 2 aliphatic carbocycles. The van der Waals surface area contributed by atoms with Crippen LogP contribution in [0.15, 0.2) is 34.1 Å². The maximum Gasteiger partial charge on any atom is 4.00 e. The molecule has 0 unspecified atom stereocenters. The number of halogens is 2. The third-order valence-electron chi connectivity index (χ3n) is 5.82. The van der Waals surface area contributed by atoms with Crippen molar-refractivity contribution in [1.82, 2.24) is 0 Å². The molecule has 3 rings (SSSR count). The Morgan fingerprint density at radius 2 is 1.71 bits per heavy atom. The molecule has 0 aromatic rings. The molecule has 1 heterocycles. The van der Waals surface area contributed by atoms with Crippen LogP contribution in [0.5, 0.6) is 0 Å². The van der Waals surface area contributed by atoms with Crippen molar-refractivity contribution in [2.24, 2.45) is 5.41 Å². The van der Waals surface area contributed by atoms with Gasteiger partial charge in [-0.1, -0.05) is 64.6 Å². The van der Waals surface area contributed by atoms with E-state index in [1.807, 2.05) is 0 Å². The fourth-order valence-corrected chi connectivity index (χ4v) is 7.37. The Balaban J connectivity index is 0. The second kappa shape index (κ2) is 10.7. The summed E-state index contributed by atoms with van der Waals surface area (Å²) >= 11 is 0. The van der Waals surface area contributed by atoms with Crippen LogP contribution in [0, 0.1) is 17.6 Å². The summed E-state index contributed by atoms with van der Waals surface area (Å²) in [7, 11) is -0.865. The molecule has 0 atom stereocenters. The molecular formula is C20H30Cl2HfSi. The molecular weight excluding hydrogens is 518 g/mol. The van der Waals surface area contributed by atoms with Crippen LogP contribution in [-0.4, -0.2) is 8.07 Å². The third kappa shape index (κ3) is 5.56. The van der Waals surface area contributed by atoms with Gasteiger partial charge in [-0.05, 0) is 0 Å². The third-order valence-corrected chi connectivity index (χ3v) is 11.3. The van der Waals surface area contributed by atoms with Crippen molar-refractivity contribution < 1.29 is 50.7 Å². The zero-order valence-electron chi connectivity index (χ0n) is 15.9. The SMILES string of the molecule is CC1=[C-]C(C)(C)C(C)=C1C.CC[Si]1(C2=[C-]CC=C2)CCC1.[Cl-].[Cl-].[Hf+4]. The Labute approximate surface area is 181 Å². The molecule has 0 N–H and O–H groups in total. The van der Waals surface area contributed by atoms with Gasteiger partial charge < -0.3 is 24.8 Å². The Morgan fingerprint density at radius 1 is 1.12 bits per heavy atom. The molecule has 0 amide bonds. The maximum absolute atomic E-state index is 3.52. The van der Waals surface area contributed by atoms with Gasteiger partial charge in [0, 0.05) is 8.07 Å². The van der Waals surface area contributed by atoms with E-state index in [-0.39, 0.29) is 56.1 Å². The smallest absolute Gasteiger partial charge is 1.00 e. The van der Waals surface area contributed by atoms with E-state index in [9.17, 15) is 0 Å². The maximum atomic E-state index is 3.52. The predicted octanol–water partition coefficient (Wildman–Crippen LogP) is 0.205. The van der Waals surface area contributed by atoms with Crippen molar-refractivity contribution in [3.8, 4) is 0 Å². The van der Waals surface area contributed by atoms with Crippen molar-refractivity contribution in [1.29, 1.82) is 0 Å². The molecule has 4 heteroatoms. The van der Waals surface area contributed by atoms with Crippen molar-refractivity contribution >= 4 is 8.07 Å². The first kappa shape index (κ1) is 26.9. The molecule has 3 aliphatic rings. The second-order valence-corrected chi connectivity index (χ2v) is 12.1. The minimum absolute atomic E-state index is 0. The van der Waals surface area contributed by atoms with Gasteiger partial charge in [0.05, 0.1) is 0 Å². The van der Waals surface area contributed by atoms with Crippen LogP contribution < -0.4 is 24.8 Å². The minimum Gasteiger partial charge on any atom is -1.00 e. The van der Waals surface area contributed by atoms with Gasteiger partial charge in [0.2, 0.25) is 0 Å². The van der Waals surface area contributed by atoms with Gasteiger partial charge in [0.1, 0.15) is 0 Å². The standard InChI is InChI=1S/C10H15Si.C10H15.2ClH.Hf/c1-2-11(8-5-9-11)10-6-3-4-7-10;1-7-6-10(4,5)9(3)8(7)2;;;/h3,6H,2,4-5,8-9H2,1H3;1-5H3;2*1H;/q2*-1;;;+4/p-2. The summed E-state index contributed by atoms with van der Waals surface area (Å²) in [5.41, 5.74) is 4.39. The molecule has 0 bridgehead atoms. The first-order valence-electron chi connectivity index (χ1n) is 8.40. The summed E-state index contributed by atoms with van der Waals surface area (Å²) in [4.78, 5) is 0. The van der Waals surface area contributed by atoms with Crippen LogP contribution in [0.2, 0.25) is 18.1 Å². The predicted molar refractivity (Wildman–Crippen MR) is 95.6 cm³/mol. The van der Waals surface area contributed by atoms with Crippen molar-refractivity contribution in [2.45, 2.75) is 72.5 Å². The van der Waals surface area contributed by atoms with Crippen LogP contribution in [0.25, 0.3) is 0 Å². The van der Waals surface area contributed by atoms with Gasteiger partial charge in [0.15, 0.2) is 0 Å². The van der Waals surface area contributed by atoms with Crippen LogP contribution in [-0.2, 0) is 25.8 Å². The number of allylic oxidation sites excluding steroid dienone is 8. The van der Waals surface area contributed by atoms with E-state index < -0.39 is 8.07 Å². The van der Waals surface area contributed by atoms with Gasteiger partial charge in [0.25, 0.3) is 0 Å². The van der Waals surface area contributed by atoms with Gasteiger partial charge in [-0.3, -0.25) is 12.2 Å². The van der Waals surface area contributed by atoms with Crippen LogP contribution in [0.1, 0.15) is 54.4 Å². The molecule has 1 fully saturated rings. The Kier molecular flexibility index (Phi) is 12.0. The molecule has 0 radical (unpaired) electrons. The fraction of sp³-hybridized carbons (Fsp3) is 0.600. The first-order valence-corrected chi connectivity index (χ1v) is 11.0. The molecule has 0 nitrogen and oxygen atoms in total. The van der Waals surface area contributed by atoms with E-state index in [0.717, 1.165) is 6.42 Å². The largest absolute Gasteiger partial charge is 4.00 e. The molecule has 132 valence electrons. The fourth-order valence-electron chi connectivity index (χ4n) is 3.59. The topological polar surface area (TPSA) is 0 Å². The second-order valence-electron chi connectivity index (χ2n) is 7.31. The van der Waals surface area contributed by atoms with E-state index in [0.29, 0.717) is 0 Å². The number of rotatable bonds is 2. The zero-order chi connectivity index (χ0) is 15.7. The van der Waals surface area contributed by atoms with Gasteiger partial charge in [-0.25, -0.2) is 16.8 Å².